The molecule has 1 aliphatic rings. The van der Waals surface area contributed by atoms with E-state index in [9.17, 15) is 10.1 Å². The van der Waals surface area contributed by atoms with Gasteiger partial charge < -0.3 is 27.8 Å². The number of oxazole rings is 1. The van der Waals surface area contributed by atoms with Crippen LogP contribution in [0.25, 0.3) is 22.6 Å². The number of fused-ring (bicyclic) bond motifs is 1. The van der Waals surface area contributed by atoms with E-state index in [1.807, 2.05) is 17.0 Å². The maximum Gasteiger partial charge on any atom is 0.289 e. The highest BCUT2D eigenvalue weighted by Gasteiger charge is 2.29. The number of carbonyl (C=O) groups is 1. The topological polar surface area (TPSA) is 109 Å². The van der Waals surface area contributed by atoms with Crippen LogP contribution in [0.15, 0.2) is 55.9 Å². The van der Waals surface area contributed by atoms with Crippen molar-refractivity contribution in [1.29, 1.82) is 5.26 Å². The number of furan rings is 2. The second-order valence-corrected chi connectivity index (χ2v) is 7.03. The Morgan fingerprint density at radius 3 is 2.71 bits per heavy atom. The average Bonchev–Trinajstić information content (AvgIpc) is 3.57. The van der Waals surface area contributed by atoms with Gasteiger partial charge in [0, 0.05) is 31.6 Å². The lowest BCUT2D eigenvalue weighted by atomic mass is 10.2. The van der Waals surface area contributed by atoms with Crippen LogP contribution < -0.4 is 9.64 Å². The predicted octanol–water partition coefficient (Wildman–Crippen LogP) is 3.52. The summed E-state index contributed by atoms with van der Waals surface area (Å²) in [7, 11) is 1.56. The SMILES string of the molecule is COc1cccc2cc(C(=O)N3CCN(c4oc(-c5ccco5)nc4C#N)CC3)oc12. The van der Waals surface area contributed by atoms with Crippen molar-refractivity contribution in [3.63, 3.8) is 0 Å². The van der Waals surface area contributed by atoms with E-state index in [4.69, 9.17) is 18.0 Å². The number of hydrogen-bond acceptors (Lipinski definition) is 8. The fourth-order valence-electron chi connectivity index (χ4n) is 3.68. The molecule has 0 atom stereocenters. The summed E-state index contributed by atoms with van der Waals surface area (Å²) in [6, 6.07) is 12.8. The number of benzene rings is 1. The van der Waals surface area contributed by atoms with Gasteiger partial charge in [-0.15, -0.1) is 0 Å². The monoisotopic (exact) mass is 418 g/mol. The number of nitrogens with zero attached hydrogens (tertiary/aromatic N) is 4. The molecule has 4 aromatic rings. The second kappa shape index (κ2) is 7.57. The zero-order chi connectivity index (χ0) is 21.4. The third-order valence-corrected chi connectivity index (χ3v) is 5.24. The number of ether oxygens (including phenoxy) is 1. The van der Waals surface area contributed by atoms with Gasteiger partial charge in [0.25, 0.3) is 11.8 Å². The van der Waals surface area contributed by atoms with Crippen LogP contribution in [0.2, 0.25) is 0 Å². The van der Waals surface area contributed by atoms with Gasteiger partial charge in [-0.05, 0) is 24.3 Å². The van der Waals surface area contributed by atoms with E-state index in [1.54, 1.807) is 36.3 Å². The number of carbonyl (C=O) groups excluding carboxylic acids is 1. The lowest BCUT2D eigenvalue weighted by molar-refractivity contribution is 0.0715. The number of para-hydroxylation sites is 1. The molecule has 0 spiro atoms. The third-order valence-electron chi connectivity index (χ3n) is 5.24. The molecule has 4 heterocycles. The third kappa shape index (κ3) is 3.28. The van der Waals surface area contributed by atoms with Gasteiger partial charge in [-0.2, -0.15) is 10.2 Å². The molecule has 31 heavy (non-hydrogen) atoms. The Morgan fingerprint density at radius 1 is 1.16 bits per heavy atom. The Balaban J connectivity index is 1.32. The van der Waals surface area contributed by atoms with E-state index in [-0.39, 0.29) is 23.3 Å². The van der Waals surface area contributed by atoms with E-state index in [0.29, 0.717) is 49.2 Å². The molecule has 156 valence electrons. The van der Waals surface area contributed by atoms with Crippen molar-refractivity contribution in [2.24, 2.45) is 0 Å². The summed E-state index contributed by atoms with van der Waals surface area (Å²) in [6.07, 6.45) is 1.52. The molecule has 0 N–H and O–H groups in total. The van der Waals surface area contributed by atoms with Crippen LogP contribution >= 0.6 is 0 Å². The molecule has 1 fully saturated rings. The van der Waals surface area contributed by atoms with Gasteiger partial charge in [0.1, 0.15) is 6.07 Å². The van der Waals surface area contributed by atoms with Crippen LogP contribution in [0.3, 0.4) is 0 Å². The maximum absolute atomic E-state index is 13.0. The smallest absolute Gasteiger partial charge is 0.289 e. The summed E-state index contributed by atoms with van der Waals surface area (Å²) < 4.78 is 22.2. The molecule has 0 aliphatic carbocycles. The lowest BCUT2D eigenvalue weighted by Gasteiger charge is -2.34. The van der Waals surface area contributed by atoms with Crippen LogP contribution in [-0.2, 0) is 0 Å². The molecular weight excluding hydrogens is 400 g/mol. The summed E-state index contributed by atoms with van der Waals surface area (Å²) >= 11 is 0. The molecule has 1 aliphatic heterocycles. The van der Waals surface area contributed by atoms with Gasteiger partial charge in [-0.1, -0.05) is 12.1 Å². The number of methoxy groups -OCH3 is 1. The number of piperazine rings is 1. The number of aromatic nitrogens is 1. The van der Waals surface area contributed by atoms with E-state index in [1.165, 1.54) is 6.26 Å². The summed E-state index contributed by atoms with van der Waals surface area (Å²) in [6.45, 7) is 1.90. The Hall–Kier alpha value is -4.19. The van der Waals surface area contributed by atoms with E-state index in [2.05, 4.69) is 11.1 Å². The van der Waals surface area contributed by atoms with Crippen molar-refractivity contribution in [2.45, 2.75) is 0 Å². The highest BCUT2D eigenvalue weighted by Crippen LogP contribution is 2.31. The molecule has 0 bridgehead atoms. The number of anilines is 1. The zero-order valence-corrected chi connectivity index (χ0v) is 16.7. The van der Waals surface area contributed by atoms with Crippen LogP contribution in [0, 0.1) is 11.3 Å². The fourth-order valence-corrected chi connectivity index (χ4v) is 3.68. The summed E-state index contributed by atoms with van der Waals surface area (Å²) in [4.78, 5) is 20.8. The Labute approximate surface area is 177 Å². The molecule has 0 unspecified atom stereocenters. The molecule has 1 amide bonds. The molecule has 3 aromatic heterocycles. The minimum Gasteiger partial charge on any atom is -0.493 e. The van der Waals surface area contributed by atoms with Crippen LogP contribution in [-0.4, -0.2) is 49.1 Å². The first-order valence-corrected chi connectivity index (χ1v) is 9.73. The molecule has 5 rings (SSSR count). The number of nitriles is 1. The van der Waals surface area contributed by atoms with Crippen molar-refractivity contribution in [3.05, 3.63) is 54.1 Å². The first-order chi connectivity index (χ1) is 15.2. The molecule has 0 radical (unpaired) electrons. The fraction of sp³-hybridized carbons (Fsp3) is 0.227. The Morgan fingerprint density at radius 2 is 2.00 bits per heavy atom. The van der Waals surface area contributed by atoms with Crippen molar-refractivity contribution in [1.82, 2.24) is 9.88 Å². The average molecular weight is 418 g/mol. The van der Waals surface area contributed by atoms with Crippen molar-refractivity contribution < 1.29 is 22.8 Å². The van der Waals surface area contributed by atoms with E-state index < -0.39 is 0 Å². The molecule has 1 saturated heterocycles. The predicted molar refractivity (Wildman–Crippen MR) is 110 cm³/mol. The van der Waals surface area contributed by atoms with Gasteiger partial charge in [-0.25, -0.2) is 0 Å². The number of rotatable bonds is 4. The summed E-state index contributed by atoms with van der Waals surface area (Å²) in [5.41, 5.74) is 0.744. The van der Waals surface area contributed by atoms with E-state index >= 15 is 0 Å². The van der Waals surface area contributed by atoms with Gasteiger partial charge in [-0.3, -0.25) is 4.79 Å². The van der Waals surface area contributed by atoms with Gasteiger partial charge >= 0.3 is 0 Å². The Kier molecular flexibility index (Phi) is 4.59. The quantitative estimate of drug-likeness (QED) is 0.495. The standard InChI is InChI=1S/C22H18N4O5/c1-28-16-5-2-4-14-12-18(30-19(14)16)21(27)25-7-9-26(10-8-25)22-15(13-23)24-20(31-22)17-6-3-11-29-17/h2-6,11-12H,7-10H2,1H3. The molecule has 1 aromatic carbocycles. The number of amides is 1. The number of hydrogen-bond donors (Lipinski definition) is 0. The summed E-state index contributed by atoms with van der Waals surface area (Å²) in [5, 5.41) is 10.3. The lowest BCUT2D eigenvalue weighted by Crippen LogP contribution is -2.48. The van der Waals surface area contributed by atoms with Gasteiger partial charge in [0.2, 0.25) is 11.6 Å². The zero-order valence-electron chi connectivity index (χ0n) is 16.7. The molecule has 9 heteroatoms. The second-order valence-electron chi connectivity index (χ2n) is 7.03. The van der Waals surface area contributed by atoms with Crippen LogP contribution in [0.4, 0.5) is 5.88 Å². The maximum atomic E-state index is 13.0. The molecular formula is C22H18N4O5. The minimum absolute atomic E-state index is 0.188. The molecule has 9 nitrogen and oxygen atoms in total. The van der Waals surface area contributed by atoms with Crippen molar-refractivity contribution in [3.8, 4) is 23.5 Å². The van der Waals surface area contributed by atoms with E-state index in [0.717, 1.165) is 5.39 Å². The van der Waals surface area contributed by atoms with Gasteiger partial charge in [0.05, 0.1) is 13.4 Å². The highest BCUT2D eigenvalue weighted by atomic mass is 16.5. The van der Waals surface area contributed by atoms with Gasteiger partial charge in [0.15, 0.2) is 22.9 Å². The minimum atomic E-state index is -0.188. The van der Waals surface area contributed by atoms with Crippen molar-refractivity contribution in [2.75, 3.05) is 38.2 Å². The highest BCUT2D eigenvalue weighted by molar-refractivity contribution is 5.97. The van der Waals surface area contributed by atoms with Crippen molar-refractivity contribution >= 4 is 22.8 Å². The summed E-state index contributed by atoms with van der Waals surface area (Å²) in [5.74, 6) is 1.76. The Bertz CT molecular complexity index is 1270. The van der Waals surface area contributed by atoms with Crippen LogP contribution in [0.1, 0.15) is 16.2 Å². The first kappa shape index (κ1) is 18.8. The van der Waals surface area contributed by atoms with Crippen LogP contribution in [0.5, 0.6) is 5.75 Å². The largest absolute Gasteiger partial charge is 0.493 e. The molecule has 0 saturated carbocycles. The normalized spacial score (nSPS) is 14.1. The first-order valence-electron chi connectivity index (χ1n) is 9.73.